The van der Waals surface area contributed by atoms with Crippen LogP contribution in [0.5, 0.6) is 0 Å². The molecule has 0 aromatic carbocycles. The second-order valence-corrected chi connectivity index (χ2v) is 5.85. The van der Waals surface area contributed by atoms with Gasteiger partial charge >= 0.3 is 5.97 Å². The predicted molar refractivity (Wildman–Crippen MR) is 69.4 cm³/mol. The Labute approximate surface area is 110 Å². The molecule has 2 unspecified atom stereocenters. The van der Waals surface area contributed by atoms with E-state index in [9.17, 15) is 9.59 Å². The zero-order valence-electron chi connectivity index (χ0n) is 10.5. The van der Waals surface area contributed by atoms with Gasteiger partial charge < -0.3 is 10.0 Å². The average molecular weight is 267 g/mol. The van der Waals surface area contributed by atoms with E-state index in [4.69, 9.17) is 5.11 Å². The largest absolute Gasteiger partial charge is 0.481 e. The molecule has 0 radical (unpaired) electrons. The van der Waals surface area contributed by atoms with Gasteiger partial charge in [0.2, 0.25) is 5.91 Å². The van der Waals surface area contributed by atoms with Gasteiger partial charge in [0, 0.05) is 11.9 Å². The standard InChI is InChI=1S/C13H17NO3S/c1-8-5-6-18-11(8)7-14(2)12(15)9-3-4-10(9)13(16)17/h5-6,9-10H,3-4,7H2,1-2H3,(H,16,17). The van der Waals surface area contributed by atoms with E-state index in [0.29, 0.717) is 19.4 Å². The number of rotatable bonds is 4. The Bertz CT molecular complexity index is 469. The lowest BCUT2D eigenvalue weighted by Gasteiger charge is -2.34. The van der Waals surface area contributed by atoms with Crippen molar-refractivity contribution < 1.29 is 14.7 Å². The van der Waals surface area contributed by atoms with Gasteiger partial charge in [-0.15, -0.1) is 11.3 Å². The molecule has 1 amide bonds. The highest BCUT2D eigenvalue weighted by Gasteiger charge is 2.42. The number of aliphatic carboxylic acids is 1. The van der Waals surface area contributed by atoms with Crippen LogP contribution < -0.4 is 0 Å². The Kier molecular flexibility index (Phi) is 3.71. The molecule has 1 aromatic rings. The Morgan fingerprint density at radius 3 is 2.56 bits per heavy atom. The summed E-state index contributed by atoms with van der Waals surface area (Å²) in [6.45, 7) is 2.60. The van der Waals surface area contributed by atoms with Gasteiger partial charge in [-0.2, -0.15) is 0 Å². The number of hydrogen-bond acceptors (Lipinski definition) is 3. The van der Waals surface area contributed by atoms with E-state index in [1.165, 1.54) is 5.56 Å². The van der Waals surface area contributed by atoms with E-state index < -0.39 is 11.9 Å². The van der Waals surface area contributed by atoms with Crippen molar-refractivity contribution in [3.63, 3.8) is 0 Å². The van der Waals surface area contributed by atoms with Crippen molar-refractivity contribution in [1.82, 2.24) is 4.90 Å². The van der Waals surface area contributed by atoms with Crippen LogP contribution in [0.4, 0.5) is 0 Å². The first-order valence-corrected chi connectivity index (χ1v) is 6.89. The molecule has 1 aliphatic rings. The van der Waals surface area contributed by atoms with E-state index >= 15 is 0 Å². The van der Waals surface area contributed by atoms with Crippen molar-refractivity contribution in [2.75, 3.05) is 7.05 Å². The van der Waals surface area contributed by atoms with Gasteiger partial charge in [0.05, 0.1) is 18.4 Å². The molecular weight excluding hydrogens is 250 g/mol. The number of aryl methyl sites for hydroxylation is 1. The molecule has 1 fully saturated rings. The molecule has 0 spiro atoms. The highest BCUT2D eigenvalue weighted by molar-refractivity contribution is 7.10. The third-order valence-corrected chi connectivity index (χ3v) is 4.64. The minimum absolute atomic E-state index is 0.0403. The summed E-state index contributed by atoms with van der Waals surface area (Å²) in [5, 5.41) is 11.0. The van der Waals surface area contributed by atoms with E-state index in [1.807, 2.05) is 18.4 Å². The third kappa shape index (κ3) is 2.41. The highest BCUT2D eigenvalue weighted by Crippen LogP contribution is 2.36. The molecule has 1 aliphatic carbocycles. The SMILES string of the molecule is Cc1ccsc1CN(C)C(=O)C1CCC1C(=O)O. The van der Waals surface area contributed by atoms with Crippen LogP contribution in [-0.4, -0.2) is 28.9 Å². The number of carbonyl (C=O) groups is 2. The van der Waals surface area contributed by atoms with E-state index in [2.05, 4.69) is 0 Å². The van der Waals surface area contributed by atoms with Crippen molar-refractivity contribution in [2.45, 2.75) is 26.3 Å². The first kappa shape index (κ1) is 13.1. The molecule has 4 nitrogen and oxygen atoms in total. The Balaban J connectivity index is 1.97. The van der Waals surface area contributed by atoms with E-state index in [-0.39, 0.29) is 11.8 Å². The van der Waals surface area contributed by atoms with Gasteiger partial charge in [0.1, 0.15) is 0 Å². The first-order valence-electron chi connectivity index (χ1n) is 6.01. The summed E-state index contributed by atoms with van der Waals surface area (Å²) < 4.78 is 0. The molecule has 1 N–H and O–H groups in total. The number of hydrogen-bond donors (Lipinski definition) is 1. The lowest BCUT2D eigenvalue weighted by Crippen LogP contribution is -2.44. The zero-order chi connectivity index (χ0) is 13.3. The fourth-order valence-electron chi connectivity index (χ4n) is 2.23. The highest BCUT2D eigenvalue weighted by atomic mass is 32.1. The molecule has 0 bridgehead atoms. The maximum atomic E-state index is 12.1. The number of carbonyl (C=O) groups excluding carboxylic acids is 1. The summed E-state index contributed by atoms with van der Waals surface area (Å²) >= 11 is 1.63. The Morgan fingerprint density at radius 2 is 2.11 bits per heavy atom. The fraction of sp³-hybridized carbons (Fsp3) is 0.538. The van der Waals surface area contributed by atoms with E-state index in [0.717, 1.165) is 4.88 Å². The molecule has 98 valence electrons. The quantitative estimate of drug-likeness (QED) is 0.909. The summed E-state index contributed by atoms with van der Waals surface area (Å²) in [6.07, 6.45) is 1.32. The number of thiophene rings is 1. The molecule has 1 aromatic heterocycles. The maximum Gasteiger partial charge on any atom is 0.307 e. The number of amides is 1. The summed E-state index contributed by atoms with van der Waals surface area (Å²) in [7, 11) is 1.75. The predicted octanol–water partition coefficient (Wildman–Crippen LogP) is 2.13. The summed E-state index contributed by atoms with van der Waals surface area (Å²) in [4.78, 5) is 25.9. The minimum Gasteiger partial charge on any atom is -0.481 e. The summed E-state index contributed by atoms with van der Waals surface area (Å²) in [6, 6.07) is 2.03. The van der Waals surface area contributed by atoms with Crippen LogP contribution in [0.1, 0.15) is 23.3 Å². The van der Waals surface area contributed by atoms with Gasteiger partial charge in [-0.05, 0) is 36.8 Å². The Hall–Kier alpha value is -1.36. The minimum atomic E-state index is -0.847. The van der Waals surface area contributed by atoms with Crippen molar-refractivity contribution in [3.8, 4) is 0 Å². The molecule has 0 saturated heterocycles. The van der Waals surface area contributed by atoms with Gasteiger partial charge in [-0.3, -0.25) is 9.59 Å². The topological polar surface area (TPSA) is 57.6 Å². The second-order valence-electron chi connectivity index (χ2n) is 4.85. The number of carboxylic acid groups (broad SMARTS) is 1. The van der Waals surface area contributed by atoms with Crippen LogP contribution in [0.25, 0.3) is 0 Å². The monoisotopic (exact) mass is 267 g/mol. The van der Waals surface area contributed by atoms with Crippen LogP contribution in [0, 0.1) is 18.8 Å². The molecule has 18 heavy (non-hydrogen) atoms. The van der Waals surface area contributed by atoms with Crippen LogP contribution >= 0.6 is 11.3 Å². The molecule has 2 atom stereocenters. The summed E-state index contributed by atoms with van der Waals surface area (Å²) in [5.74, 6) is -1.70. The fourth-order valence-corrected chi connectivity index (χ4v) is 3.19. The second kappa shape index (κ2) is 5.10. The molecule has 0 aliphatic heterocycles. The molecule has 5 heteroatoms. The molecular formula is C13H17NO3S. The molecule has 1 saturated carbocycles. The average Bonchev–Trinajstić information content (AvgIpc) is 2.61. The summed E-state index contributed by atoms with van der Waals surface area (Å²) in [5.41, 5.74) is 1.18. The number of carboxylic acids is 1. The van der Waals surface area contributed by atoms with Crippen molar-refractivity contribution >= 4 is 23.2 Å². The number of nitrogens with zero attached hydrogens (tertiary/aromatic N) is 1. The van der Waals surface area contributed by atoms with Crippen LogP contribution in [0.15, 0.2) is 11.4 Å². The van der Waals surface area contributed by atoms with Gasteiger partial charge in [0.25, 0.3) is 0 Å². The molecule has 2 rings (SSSR count). The van der Waals surface area contributed by atoms with Gasteiger partial charge in [-0.1, -0.05) is 0 Å². The van der Waals surface area contributed by atoms with Gasteiger partial charge in [0.15, 0.2) is 0 Å². The van der Waals surface area contributed by atoms with Crippen LogP contribution in [0.3, 0.4) is 0 Å². The zero-order valence-corrected chi connectivity index (χ0v) is 11.4. The smallest absolute Gasteiger partial charge is 0.307 e. The first-order chi connectivity index (χ1) is 8.50. The van der Waals surface area contributed by atoms with E-state index in [1.54, 1.807) is 23.3 Å². The van der Waals surface area contributed by atoms with Crippen LogP contribution in [-0.2, 0) is 16.1 Å². The van der Waals surface area contributed by atoms with Crippen molar-refractivity contribution in [1.29, 1.82) is 0 Å². The lowest BCUT2D eigenvalue weighted by molar-refractivity contribution is -0.156. The maximum absolute atomic E-state index is 12.1. The van der Waals surface area contributed by atoms with Crippen molar-refractivity contribution in [2.24, 2.45) is 11.8 Å². The lowest BCUT2D eigenvalue weighted by atomic mass is 9.73. The van der Waals surface area contributed by atoms with Crippen molar-refractivity contribution in [3.05, 3.63) is 21.9 Å². The van der Waals surface area contributed by atoms with Crippen LogP contribution in [0.2, 0.25) is 0 Å². The normalized spacial score (nSPS) is 22.3. The van der Waals surface area contributed by atoms with Gasteiger partial charge in [-0.25, -0.2) is 0 Å². The Morgan fingerprint density at radius 1 is 1.44 bits per heavy atom. The molecule has 1 heterocycles. The third-order valence-electron chi connectivity index (χ3n) is 3.63.